The molecule has 1 aliphatic heterocycles. The predicted octanol–water partition coefficient (Wildman–Crippen LogP) is 3.16. The topological polar surface area (TPSA) is 117 Å². The number of esters is 1. The number of ether oxygens (including phenoxy) is 3. The van der Waals surface area contributed by atoms with Gasteiger partial charge in [0.1, 0.15) is 0 Å². The van der Waals surface area contributed by atoms with Crippen LogP contribution in [0.1, 0.15) is 17.3 Å². The fourth-order valence-corrected chi connectivity index (χ4v) is 2.53. The molecule has 1 N–H and O–H groups in total. The summed E-state index contributed by atoms with van der Waals surface area (Å²) in [5, 5.41) is 13.2. The molecule has 27 heavy (non-hydrogen) atoms. The summed E-state index contributed by atoms with van der Waals surface area (Å²) in [5.74, 6) is -0.376. The number of non-ortho nitro benzene ring substituents is 1. The van der Waals surface area contributed by atoms with Crippen LogP contribution >= 0.6 is 11.6 Å². The van der Waals surface area contributed by atoms with Gasteiger partial charge >= 0.3 is 5.97 Å². The minimum atomic E-state index is -1.13. The van der Waals surface area contributed by atoms with Gasteiger partial charge in [-0.1, -0.05) is 11.6 Å². The van der Waals surface area contributed by atoms with E-state index in [4.69, 9.17) is 25.8 Å². The molecule has 0 aliphatic carbocycles. The number of anilines is 1. The molecule has 2 aromatic rings. The van der Waals surface area contributed by atoms with E-state index in [-0.39, 0.29) is 23.1 Å². The fraction of sp³-hybridized carbons (Fsp3) is 0.176. The Labute approximate surface area is 157 Å². The van der Waals surface area contributed by atoms with E-state index >= 15 is 0 Å². The largest absolute Gasteiger partial charge is 0.454 e. The summed E-state index contributed by atoms with van der Waals surface area (Å²) in [6.45, 7) is 1.50. The number of fused-ring (bicyclic) bond motifs is 1. The van der Waals surface area contributed by atoms with Crippen LogP contribution in [0.25, 0.3) is 0 Å². The van der Waals surface area contributed by atoms with E-state index in [2.05, 4.69) is 5.32 Å². The third-order valence-corrected chi connectivity index (χ3v) is 3.99. The first-order chi connectivity index (χ1) is 12.8. The van der Waals surface area contributed by atoms with Gasteiger partial charge in [0, 0.05) is 23.9 Å². The Hall–Kier alpha value is -3.33. The highest BCUT2D eigenvalue weighted by atomic mass is 35.5. The maximum atomic E-state index is 12.2. The van der Waals surface area contributed by atoms with Crippen LogP contribution in [0.2, 0.25) is 5.02 Å². The lowest BCUT2D eigenvalue weighted by Crippen LogP contribution is -2.30. The van der Waals surface area contributed by atoms with Gasteiger partial charge in [-0.15, -0.1) is 0 Å². The number of carbonyl (C=O) groups is 2. The van der Waals surface area contributed by atoms with Gasteiger partial charge in [-0.05, 0) is 25.1 Å². The number of nitro benzene ring substituents is 1. The van der Waals surface area contributed by atoms with Crippen LogP contribution in [-0.2, 0) is 9.53 Å². The van der Waals surface area contributed by atoms with E-state index in [0.29, 0.717) is 17.2 Å². The molecule has 0 unspecified atom stereocenters. The van der Waals surface area contributed by atoms with Gasteiger partial charge in [-0.2, -0.15) is 0 Å². The molecule has 1 amide bonds. The highest BCUT2D eigenvalue weighted by Crippen LogP contribution is 2.34. The number of nitro groups is 1. The Bertz CT molecular complexity index is 931. The Morgan fingerprint density at radius 3 is 2.67 bits per heavy atom. The highest BCUT2D eigenvalue weighted by Gasteiger charge is 2.23. The standard InChI is InChI=1S/C17H13ClN2O7/c1-9(16(21)19-10-2-5-14-15(6-10)26-8-25-14)27-17(22)12-4-3-11(20(23)24)7-13(12)18/h2-7,9H,8H2,1H3,(H,19,21)/t9-/m0/s1. The van der Waals surface area contributed by atoms with Gasteiger partial charge in [-0.25, -0.2) is 4.79 Å². The highest BCUT2D eigenvalue weighted by molar-refractivity contribution is 6.33. The number of nitrogens with one attached hydrogen (secondary N) is 1. The summed E-state index contributed by atoms with van der Waals surface area (Å²) in [4.78, 5) is 34.5. The molecule has 10 heteroatoms. The van der Waals surface area contributed by atoms with Crippen molar-refractivity contribution in [2.45, 2.75) is 13.0 Å². The van der Waals surface area contributed by atoms with Crippen LogP contribution in [0.3, 0.4) is 0 Å². The minimum absolute atomic E-state index is 0.0787. The zero-order chi connectivity index (χ0) is 19.6. The van der Waals surface area contributed by atoms with Crippen LogP contribution in [0, 0.1) is 10.1 Å². The van der Waals surface area contributed by atoms with Crippen molar-refractivity contribution in [2.24, 2.45) is 0 Å². The molecule has 3 rings (SSSR count). The van der Waals surface area contributed by atoms with Crippen LogP contribution in [0.5, 0.6) is 11.5 Å². The molecule has 0 radical (unpaired) electrons. The molecule has 1 aliphatic rings. The Balaban J connectivity index is 1.64. The van der Waals surface area contributed by atoms with Gasteiger partial charge in [0.2, 0.25) is 6.79 Å². The van der Waals surface area contributed by atoms with E-state index in [1.165, 1.54) is 13.0 Å². The lowest BCUT2D eigenvalue weighted by molar-refractivity contribution is -0.384. The maximum Gasteiger partial charge on any atom is 0.340 e. The number of hydrogen-bond donors (Lipinski definition) is 1. The van der Waals surface area contributed by atoms with Crippen molar-refractivity contribution in [3.05, 3.63) is 57.1 Å². The molecule has 0 saturated heterocycles. The normalized spacial score (nSPS) is 13.0. The number of nitrogens with zero attached hydrogens (tertiary/aromatic N) is 1. The van der Waals surface area contributed by atoms with Crippen molar-refractivity contribution < 1.29 is 28.7 Å². The third kappa shape index (κ3) is 4.09. The van der Waals surface area contributed by atoms with Gasteiger partial charge in [-0.3, -0.25) is 14.9 Å². The maximum absolute atomic E-state index is 12.2. The lowest BCUT2D eigenvalue weighted by Gasteiger charge is -2.14. The van der Waals surface area contributed by atoms with E-state index in [1.54, 1.807) is 18.2 Å². The average molecular weight is 393 g/mol. The summed E-state index contributed by atoms with van der Waals surface area (Å²) in [5.41, 5.74) is 0.107. The monoisotopic (exact) mass is 392 g/mol. The summed E-state index contributed by atoms with van der Waals surface area (Å²) in [7, 11) is 0. The Kier molecular flexibility index (Phi) is 5.13. The number of rotatable bonds is 5. The fourth-order valence-electron chi connectivity index (χ4n) is 2.28. The molecule has 0 saturated carbocycles. The van der Waals surface area contributed by atoms with Crippen molar-refractivity contribution in [3.63, 3.8) is 0 Å². The zero-order valence-electron chi connectivity index (χ0n) is 13.9. The Morgan fingerprint density at radius 1 is 1.22 bits per heavy atom. The molecule has 0 spiro atoms. The van der Waals surface area contributed by atoms with E-state index in [0.717, 1.165) is 12.1 Å². The smallest absolute Gasteiger partial charge is 0.340 e. The molecule has 9 nitrogen and oxygen atoms in total. The lowest BCUT2D eigenvalue weighted by atomic mass is 10.2. The van der Waals surface area contributed by atoms with Crippen LogP contribution in [0.15, 0.2) is 36.4 Å². The quantitative estimate of drug-likeness (QED) is 0.471. The minimum Gasteiger partial charge on any atom is -0.454 e. The molecule has 1 heterocycles. The molecular formula is C17H13ClN2O7. The summed E-state index contributed by atoms with van der Waals surface area (Å²) in [6.07, 6.45) is -1.13. The molecule has 0 fully saturated rings. The molecule has 0 bridgehead atoms. The van der Waals surface area contributed by atoms with Crippen molar-refractivity contribution in [1.29, 1.82) is 0 Å². The second-order valence-corrected chi connectivity index (χ2v) is 5.93. The summed E-state index contributed by atoms with van der Waals surface area (Å²) < 4.78 is 15.5. The van der Waals surface area contributed by atoms with Gasteiger partial charge < -0.3 is 19.5 Å². The number of benzene rings is 2. The summed E-state index contributed by atoms with van der Waals surface area (Å²) >= 11 is 5.88. The number of hydrogen-bond acceptors (Lipinski definition) is 7. The number of halogens is 1. The first kappa shape index (κ1) is 18.5. The first-order valence-electron chi connectivity index (χ1n) is 7.70. The molecule has 140 valence electrons. The Morgan fingerprint density at radius 2 is 1.96 bits per heavy atom. The van der Waals surface area contributed by atoms with Gasteiger partial charge in [0.05, 0.1) is 15.5 Å². The van der Waals surface area contributed by atoms with E-state index < -0.39 is 22.9 Å². The van der Waals surface area contributed by atoms with Crippen molar-refractivity contribution in [1.82, 2.24) is 0 Å². The third-order valence-electron chi connectivity index (χ3n) is 3.68. The van der Waals surface area contributed by atoms with Gasteiger partial charge in [0.15, 0.2) is 17.6 Å². The second kappa shape index (κ2) is 7.50. The van der Waals surface area contributed by atoms with Crippen LogP contribution in [0.4, 0.5) is 11.4 Å². The van der Waals surface area contributed by atoms with Crippen molar-refractivity contribution in [3.8, 4) is 11.5 Å². The van der Waals surface area contributed by atoms with Crippen molar-refractivity contribution in [2.75, 3.05) is 12.1 Å². The van der Waals surface area contributed by atoms with E-state index in [9.17, 15) is 19.7 Å². The molecule has 0 aromatic heterocycles. The first-order valence-corrected chi connectivity index (χ1v) is 8.08. The number of amides is 1. The van der Waals surface area contributed by atoms with Crippen LogP contribution < -0.4 is 14.8 Å². The van der Waals surface area contributed by atoms with Crippen LogP contribution in [-0.4, -0.2) is 29.7 Å². The summed E-state index contributed by atoms with van der Waals surface area (Å²) in [6, 6.07) is 8.18. The zero-order valence-corrected chi connectivity index (χ0v) is 14.7. The molecule has 1 atom stereocenters. The molecular weight excluding hydrogens is 380 g/mol. The average Bonchev–Trinajstić information content (AvgIpc) is 3.09. The van der Waals surface area contributed by atoms with E-state index in [1.807, 2.05) is 0 Å². The number of carbonyl (C=O) groups excluding carboxylic acids is 2. The molecule has 2 aromatic carbocycles. The second-order valence-electron chi connectivity index (χ2n) is 5.53. The van der Waals surface area contributed by atoms with Gasteiger partial charge in [0.25, 0.3) is 11.6 Å². The van der Waals surface area contributed by atoms with Crippen molar-refractivity contribution >= 4 is 34.9 Å². The predicted molar refractivity (Wildman–Crippen MR) is 94.2 cm³/mol. The SMILES string of the molecule is C[C@H](OC(=O)c1ccc([N+](=O)[O-])cc1Cl)C(=O)Nc1ccc2c(c1)OCO2.